The molecule has 0 radical (unpaired) electrons. The monoisotopic (exact) mass is 303 g/mol. The zero-order valence-electron chi connectivity index (χ0n) is 7.46. The van der Waals surface area contributed by atoms with Gasteiger partial charge in [0, 0.05) is 3.57 Å². The number of halogens is 1. The van der Waals surface area contributed by atoms with E-state index in [4.69, 9.17) is 10.8 Å². The quantitative estimate of drug-likeness (QED) is 0.772. The van der Waals surface area contributed by atoms with Gasteiger partial charge >= 0.3 is 5.97 Å². The number of carboxylic acid groups (broad SMARTS) is 1. The molecule has 0 fully saturated rings. The number of rotatable bonds is 1. The van der Waals surface area contributed by atoms with Crippen molar-refractivity contribution in [3.05, 3.63) is 32.9 Å². The number of carboxylic acids is 1. The van der Waals surface area contributed by atoms with Crippen LogP contribution in [0.4, 0.5) is 0 Å². The molecule has 0 bridgehead atoms. The normalized spacial score (nSPS) is 24.7. The molecule has 0 saturated carbocycles. The van der Waals surface area contributed by atoms with Gasteiger partial charge < -0.3 is 10.8 Å². The number of hydrogen-bond donors (Lipinski definition) is 2. The molecule has 74 valence electrons. The SMILES string of the molecule is NC1(C(=O)O)CCc2cccc(I)c21. The fourth-order valence-electron chi connectivity index (χ4n) is 1.95. The summed E-state index contributed by atoms with van der Waals surface area (Å²) in [6, 6.07) is 5.79. The van der Waals surface area contributed by atoms with Crippen LogP contribution in [0, 0.1) is 3.57 Å². The molecular weight excluding hydrogens is 293 g/mol. The maximum Gasteiger partial charge on any atom is 0.328 e. The summed E-state index contributed by atoms with van der Waals surface area (Å²) in [5.41, 5.74) is 6.61. The average Bonchev–Trinajstić information content (AvgIpc) is 2.47. The number of benzene rings is 1. The molecule has 1 aromatic rings. The van der Waals surface area contributed by atoms with Crippen LogP contribution in [0.25, 0.3) is 0 Å². The average molecular weight is 303 g/mol. The predicted molar refractivity (Wildman–Crippen MR) is 61.0 cm³/mol. The van der Waals surface area contributed by atoms with Crippen molar-refractivity contribution >= 4 is 28.6 Å². The Hall–Kier alpha value is -0.620. The standard InChI is InChI=1S/C10H10INO2/c11-7-3-1-2-6-4-5-10(12,8(6)7)9(13)14/h1-3H,4-5,12H2,(H,13,14). The number of aryl methyl sites for hydroxylation is 1. The van der Waals surface area contributed by atoms with Crippen molar-refractivity contribution in [3.8, 4) is 0 Å². The summed E-state index contributed by atoms with van der Waals surface area (Å²) in [5, 5.41) is 9.12. The lowest BCUT2D eigenvalue weighted by atomic mass is 9.93. The fraction of sp³-hybridized carbons (Fsp3) is 0.300. The van der Waals surface area contributed by atoms with Crippen LogP contribution < -0.4 is 5.73 Å². The second-order valence-corrected chi connectivity index (χ2v) is 4.71. The molecule has 3 N–H and O–H groups in total. The van der Waals surface area contributed by atoms with Gasteiger partial charge in [0.25, 0.3) is 0 Å². The van der Waals surface area contributed by atoms with Crippen LogP contribution >= 0.6 is 22.6 Å². The van der Waals surface area contributed by atoms with Crippen LogP contribution in [0.2, 0.25) is 0 Å². The lowest BCUT2D eigenvalue weighted by Crippen LogP contribution is -2.43. The zero-order chi connectivity index (χ0) is 10.3. The Morgan fingerprint density at radius 3 is 2.93 bits per heavy atom. The van der Waals surface area contributed by atoms with Gasteiger partial charge in [-0.05, 0) is 52.6 Å². The van der Waals surface area contributed by atoms with E-state index in [9.17, 15) is 4.79 Å². The minimum atomic E-state index is -1.17. The van der Waals surface area contributed by atoms with Crippen molar-refractivity contribution < 1.29 is 9.90 Å². The van der Waals surface area contributed by atoms with Gasteiger partial charge in [0.05, 0.1) is 0 Å². The third kappa shape index (κ3) is 1.25. The Labute approximate surface area is 95.4 Å². The van der Waals surface area contributed by atoms with Crippen LogP contribution in [0.5, 0.6) is 0 Å². The molecule has 2 rings (SSSR count). The topological polar surface area (TPSA) is 63.3 Å². The second kappa shape index (κ2) is 3.20. The summed E-state index contributed by atoms with van der Waals surface area (Å²) in [4.78, 5) is 11.1. The Morgan fingerprint density at radius 2 is 2.29 bits per heavy atom. The summed E-state index contributed by atoms with van der Waals surface area (Å²) < 4.78 is 0.947. The van der Waals surface area contributed by atoms with Gasteiger partial charge in [-0.3, -0.25) is 0 Å². The minimum absolute atomic E-state index is 0.498. The van der Waals surface area contributed by atoms with Gasteiger partial charge in [-0.25, -0.2) is 4.79 Å². The highest BCUT2D eigenvalue weighted by Crippen LogP contribution is 2.37. The third-order valence-electron chi connectivity index (χ3n) is 2.72. The highest BCUT2D eigenvalue weighted by Gasteiger charge is 2.43. The molecule has 0 heterocycles. The van der Waals surface area contributed by atoms with Crippen molar-refractivity contribution in [2.75, 3.05) is 0 Å². The van der Waals surface area contributed by atoms with Crippen molar-refractivity contribution in [3.63, 3.8) is 0 Å². The largest absolute Gasteiger partial charge is 0.480 e. The third-order valence-corrected chi connectivity index (χ3v) is 3.62. The molecule has 14 heavy (non-hydrogen) atoms. The van der Waals surface area contributed by atoms with Gasteiger partial charge in [-0.1, -0.05) is 12.1 Å². The van der Waals surface area contributed by atoms with Crippen LogP contribution in [-0.4, -0.2) is 11.1 Å². The van der Waals surface area contributed by atoms with Crippen molar-refractivity contribution in [2.45, 2.75) is 18.4 Å². The summed E-state index contributed by atoms with van der Waals surface area (Å²) in [7, 11) is 0. The fourth-order valence-corrected chi connectivity index (χ4v) is 2.98. The van der Waals surface area contributed by atoms with E-state index in [1.54, 1.807) is 0 Å². The summed E-state index contributed by atoms with van der Waals surface area (Å²) in [6.07, 6.45) is 1.26. The van der Waals surface area contributed by atoms with Crippen LogP contribution in [0.15, 0.2) is 18.2 Å². The summed E-state index contributed by atoms with van der Waals surface area (Å²) in [5.74, 6) is -0.930. The Kier molecular flexibility index (Phi) is 2.27. The first-order valence-corrected chi connectivity index (χ1v) is 5.44. The van der Waals surface area contributed by atoms with E-state index in [1.807, 2.05) is 18.2 Å². The van der Waals surface area contributed by atoms with E-state index in [-0.39, 0.29) is 0 Å². The van der Waals surface area contributed by atoms with Gasteiger partial charge in [0.15, 0.2) is 0 Å². The molecule has 0 aromatic heterocycles. The van der Waals surface area contributed by atoms with E-state index < -0.39 is 11.5 Å². The Bertz CT molecular complexity index is 405. The molecule has 4 heteroatoms. The van der Waals surface area contributed by atoms with Gasteiger partial charge in [0.1, 0.15) is 5.54 Å². The molecule has 0 amide bonds. The molecule has 1 aromatic carbocycles. The molecular formula is C10H10INO2. The second-order valence-electron chi connectivity index (χ2n) is 3.55. The van der Waals surface area contributed by atoms with Gasteiger partial charge in [0.2, 0.25) is 0 Å². The Balaban J connectivity index is 2.64. The van der Waals surface area contributed by atoms with E-state index in [2.05, 4.69) is 22.6 Å². The molecule has 1 aliphatic carbocycles. The van der Waals surface area contributed by atoms with Gasteiger partial charge in [-0.2, -0.15) is 0 Å². The number of aliphatic carboxylic acids is 1. The summed E-state index contributed by atoms with van der Waals surface area (Å²) in [6.45, 7) is 0. The highest BCUT2D eigenvalue weighted by molar-refractivity contribution is 14.1. The maximum atomic E-state index is 11.1. The van der Waals surface area contributed by atoms with Crippen LogP contribution in [0.1, 0.15) is 17.5 Å². The molecule has 0 aliphatic heterocycles. The van der Waals surface area contributed by atoms with Crippen LogP contribution in [0.3, 0.4) is 0 Å². The predicted octanol–water partition coefficient (Wildman–Crippen LogP) is 1.48. The van der Waals surface area contributed by atoms with E-state index in [0.717, 1.165) is 21.1 Å². The lowest BCUT2D eigenvalue weighted by molar-refractivity contribution is -0.143. The number of hydrogen-bond acceptors (Lipinski definition) is 2. The van der Waals surface area contributed by atoms with Gasteiger partial charge in [-0.15, -0.1) is 0 Å². The molecule has 0 saturated heterocycles. The van der Waals surface area contributed by atoms with Crippen molar-refractivity contribution in [1.29, 1.82) is 0 Å². The lowest BCUT2D eigenvalue weighted by Gasteiger charge is -2.20. The number of nitrogens with two attached hydrogens (primary N) is 1. The summed E-state index contributed by atoms with van der Waals surface area (Å²) >= 11 is 2.14. The first-order chi connectivity index (χ1) is 6.55. The van der Waals surface area contributed by atoms with E-state index in [0.29, 0.717) is 6.42 Å². The molecule has 1 unspecified atom stereocenters. The Morgan fingerprint density at radius 1 is 1.57 bits per heavy atom. The molecule has 1 atom stereocenters. The number of fused-ring (bicyclic) bond motifs is 1. The highest BCUT2D eigenvalue weighted by atomic mass is 127. The zero-order valence-corrected chi connectivity index (χ0v) is 9.61. The minimum Gasteiger partial charge on any atom is -0.480 e. The van der Waals surface area contributed by atoms with Crippen molar-refractivity contribution in [1.82, 2.24) is 0 Å². The van der Waals surface area contributed by atoms with E-state index in [1.165, 1.54) is 0 Å². The van der Waals surface area contributed by atoms with Crippen LogP contribution in [-0.2, 0) is 16.8 Å². The molecule has 3 nitrogen and oxygen atoms in total. The van der Waals surface area contributed by atoms with E-state index >= 15 is 0 Å². The molecule has 0 spiro atoms. The maximum absolute atomic E-state index is 11.1. The molecule has 1 aliphatic rings. The first-order valence-electron chi connectivity index (χ1n) is 4.36. The smallest absolute Gasteiger partial charge is 0.328 e. The van der Waals surface area contributed by atoms with Crippen molar-refractivity contribution in [2.24, 2.45) is 5.73 Å². The first kappa shape index (κ1) is 9.92. The number of carbonyl (C=O) groups is 1.